The first-order valence-corrected chi connectivity index (χ1v) is 9.73. The van der Waals surface area contributed by atoms with Gasteiger partial charge < -0.3 is 11.1 Å². The molecule has 0 radical (unpaired) electrons. The van der Waals surface area contributed by atoms with E-state index in [-0.39, 0.29) is 11.6 Å². The first kappa shape index (κ1) is 21.3. The van der Waals surface area contributed by atoms with Gasteiger partial charge in [-0.1, -0.05) is 18.2 Å². The van der Waals surface area contributed by atoms with Crippen molar-refractivity contribution in [2.45, 2.75) is 26.1 Å². The molecule has 0 bridgehead atoms. The lowest BCUT2D eigenvalue weighted by molar-refractivity contribution is -0.137. The van der Waals surface area contributed by atoms with Crippen LogP contribution < -0.4 is 11.1 Å². The van der Waals surface area contributed by atoms with Gasteiger partial charge in [-0.15, -0.1) is 0 Å². The molecule has 7 nitrogen and oxygen atoms in total. The van der Waals surface area contributed by atoms with Gasteiger partial charge in [-0.2, -0.15) is 18.3 Å². The van der Waals surface area contributed by atoms with E-state index in [2.05, 4.69) is 20.4 Å². The van der Waals surface area contributed by atoms with Gasteiger partial charge in [0.05, 0.1) is 10.9 Å². The van der Waals surface area contributed by atoms with E-state index in [1.54, 1.807) is 28.9 Å². The van der Waals surface area contributed by atoms with Crippen molar-refractivity contribution in [2.24, 2.45) is 0 Å². The Morgan fingerprint density at radius 3 is 2.47 bits per heavy atom. The lowest BCUT2D eigenvalue weighted by atomic mass is 10.1. The van der Waals surface area contributed by atoms with Crippen LogP contribution >= 0.6 is 0 Å². The quantitative estimate of drug-likeness (QED) is 0.469. The van der Waals surface area contributed by atoms with Crippen LogP contribution in [0.1, 0.15) is 35.8 Å². The van der Waals surface area contributed by atoms with Crippen molar-refractivity contribution in [2.75, 3.05) is 11.1 Å². The highest BCUT2D eigenvalue weighted by atomic mass is 19.4. The highest BCUT2D eigenvalue weighted by Gasteiger charge is 2.30. The molecule has 0 atom stereocenters. The summed E-state index contributed by atoms with van der Waals surface area (Å²) in [5.41, 5.74) is 7.47. The standard InChI is InChI=1S/C22H19F3N6O/c1-12(2)31-20-17(19(26)27-11-28-20)18(30-31)13-6-8-16(9-7-13)29-21(32)14-4-3-5-15(10-14)22(23,24)25/h3-12H,1-2H3,(H,29,32)(H2,26,27,28). The van der Waals surface area contributed by atoms with Gasteiger partial charge in [-0.05, 0) is 44.2 Å². The molecule has 2 aromatic carbocycles. The number of amides is 1. The zero-order valence-electron chi connectivity index (χ0n) is 17.2. The van der Waals surface area contributed by atoms with E-state index in [4.69, 9.17) is 5.73 Å². The zero-order valence-corrected chi connectivity index (χ0v) is 17.2. The van der Waals surface area contributed by atoms with Crippen LogP contribution in [0.5, 0.6) is 0 Å². The van der Waals surface area contributed by atoms with Gasteiger partial charge in [0.2, 0.25) is 0 Å². The number of aromatic nitrogens is 4. The van der Waals surface area contributed by atoms with E-state index in [0.29, 0.717) is 28.2 Å². The van der Waals surface area contributed by atoms with E-state index >= 15 is 0 Å². The number of benzene rings is 2. The Morgan fingerprint density at radius 1 is 1.09 bits per heavy atom. The molecular weight excluding hydrogens is 421 g/mol. The molecule has 10 heteroatoms. The Balaban J connectivity index is 1.62. The minimum absolute atomic E-state index is 0.0478. The molecule has 0 fully saturated rings. The summed E-state index contributed by atoms with van der Waals surface area (Å²) in [7, 11) is 0. The van der Waals surface area contributed by atoms with Gasteiger partial charge in [-0.25, -0.2) is 14.6 Å². The van der Waals surface area contributed by atoms with E-state index < -0.39 is 17.6 Å². The van der Waals surface area contributed by atoms with Gasteiger partial charge >= 0.3 is 6.18 Å². The van der Waals surface area contributed by atoms with E-state index in [9.17, 15) is 18.0 Å². The molecule has 2 aromatic heterocycles. The molecule has 0 spiro atoms. The first-order chi connectivity index (χ1) is 15.1. The highest BCUT2D eigenvalue weighted by molar-refractivity contribution is 6.04. The molecule has 0 aliphatic rings. The summed E-state index contributed by atoms with van der Waals surface area (Å²) < 4.78 is 40.4. The zero-order chi connectivity index (χ0) is 23.0. The number of carbonyl (C=O) groups excluding carboxylic acids is 1. The van der Waals surface area contributed by atoms with Gasteiger partial charge in [0, 0.05) is 22.9 Å². The van der Waals surface area contributed by atoms with Crippen molar-refractivity contribution in [3.05, 3.63) is 66.0 Å². The van der Waals surface area contributed by atoms with Crippen LogP contribution in [0.3, 0.4) is 0 Å². The first-order valence-electron chi connectivity index (χ1n) is 9.73. The Kier molecular flexibility index (Phi) is 5.29. The Bertz CT molecular complexity index is 1300. The lowest BCUT2D eigenvalue weighted by Crippen LogP contribution is -2.13. The van der Waals surface area contributed by atoms with Gasteiger partial charge in [0.25, 0.3) is 5.91 Å². The number of rotatable bonds is 4. The van der Waals surface area contributed by atoms with Crippen LogP contribution in [0.2, 0.25) is 0 Å². The third kappa shape index (κ3) is 3.98. The number of halogens is 3. The second-order valence-corrected chi connectivity index (χ2v) is 7.45. The molecule has 164 valence electrons. The monoisotopic (exact) mass is 440 g/mol. The molecule has 1 amide bonds. The van der Waals surface area contributed by atoms with Crippen molar-refractivity contribution < 1.29 is 18.0 Å². The van der Waals surface area contributed by atoms with E-state index in [0.717, 1.165) is 17.7 Å². The Labute approximate surface area is 181 Å². The lowest BCUT2D eigenvalue weighted by Gasteiger charge is -2.09. The topological polar surface area (TPSA) is 98.7 Å². The molecule has 0 saturated heterocycles. The minimum Gasteiger partial charge on any atom is -0.383 e. The van der Waals surface area contributed by atoms with Crippen LogP contribution in [-0.4, -0.2) is 25.7 Å². The number of hydrogen-bond acceptors (Lipinski definition) is 5. The summed E-state index contributed by atoms with van der Waals surface area (Å²) in [6.45, 7) is 3.95. The number of anilines is 2. The molecule has 4 aromatic rings. The van der Waals surface area contributed by atoms with Crippen molar-refractivity contribution in [1.29, 1.82) is 0 Å². The van der Waals surface area contributed by atoms with Crippen molar-refractivity contribution in [3.63, 3.8) is 0 Å². The van der Waals surface area contributed by atoms with E-state index in [1.165, 1.54) is 18.5 Å². The number of nitrogens with one attached hydrogen (secondary N) is 1. The van der Waals surface area contributed by atoms with Gasteiger partial charge in [-0.3, -0.25) is 4.79 Å². The summed E-state index contributed by atoms with van der Waals surface area (Å²) in [6.07, 6.45) is -3.14. The molecule has 0 aliphatic heterocycles. The molecule has 32 heavy (non-hydrogen) atoms. The number of nitrogen functional groups attached to an aromatic ring is 1. The van der Waals surface area contributed by atoms with Crippen LogP contribution in [0.4, 0.5) is 24.7 Å². The third-order valence-corrected chi connectivity index (χ3v) is 4.88. The molecule has 2 heterocycles. The average Bonchev–Trinajstić information content (AvgIpc) is 3.15. The number of hydrogen-bond donors (Lipinski definition) is 2. The number of nitrogens with zero attached hydrogens (tertiary/aromatic N) is 4. The highest BCUT2D eigenvalue weighted by Crippen LogP contribution is 2.32. The van der Waals surface area contributed by atoms with E-state index in [1.807, 2.05) is 13.8 Å². The number of carbonyl (C=O) groups is 1. The fourth-order valence-corrected chi connectivity index (χ4v) is 3.31. The number of nitrogens with two attached hydrogens (primary N) is 1. The van der Waals surface area contributed by atoms with Crippen molar-refractivity contribution in [1.82, 2.24) is 19.7 Å². The van der Waals surface area contributed by atoms with Crippen LogP contribution in [-0.2, 0) is 6.18 Å². The predicted molar refractivity (Wildman–Crippen MR) is 115 cm³/mol. The van der Waals surface area contributed by atoms with Crippen LogP contribution in [0.25, 0.3) is 22.3 Å². The van der Waals surface area contributed by atoms with Crippen LogP contribution in [0, 0.1) is 0 Å². The maximum Gasteiger partial charge on any atom is 0.416 e. The molecule has 4 rings (SSSR count). The van der Waals surface area contributed by atoms with Crippen LogP contribution in [0.15, 0.2) is 54.9 Å². The number of fused-ring (bicyclic) bond motifs is 1. The maximum absolute atomic E-state index is 12.9. The largest absolute Gasteiger partial charge is 0.416 e. The summed E-state index contributed by atoms with van der Waals surface area (Å²) in [6, 6.07) is 11.1. The third-order valence-electron chi connectivity index (χ3n) is 4.88. The summed E-state index contributed by atoms with van der Waals surface area (Å²) in [5.74, 6) is -0.338. The fourth-order valence-electron chi connectivity index (χ4n) is 3.31. The minimum atomic E-state index is -4.52. The summed E-state index contributed by atoms with van der Waals surface area (Å²) in [5, 5.41) is 7.86. The predicted octanol–water partition coefficient (Wildman–Crippen LogP) is 4.93. The number of alkyl halides is 3. The summed E-state index contributed by atoms with van der Waals surface area (Å²) in [4.78, 5) is 20.8. The molecule has 3 N–H and O–H groups in total. The summed E-state index contributed by atoms with van der Waals surface area (Å²) >= 11 is 0. The smallest absolute Gasteiger partial charge is 0.383 e. The Hall–Kier alpha value is -3.95. The van der Waals surface area contributed by atoms with Crippen molar-refractivity contribution in [3.8, 4) is 11.3 Å². The average molecular weight is 440 g/mol. The molecule has 0 unspecified atom stereocenters. The second-order valence-electron chi connectivity index (χ2n) is 7.45. The Morgan fingerprint density at radius 2 is 1.81 bits per heavy atom. The SMILES string of the molecule is CC(C)n1nc(-c2ccc(NC(=O)c3cccc(C(F)(F)F)c3)cc2)c2c(N)ncnc21. The molecule has 0 saturated carbocycles. The fraction of sp³-hybridized carbons (Fsp3) is 0.182. The normalized spacial score (nSPS) is 11.8. The molecular formula is C22H19F3N6O. The molecule has 0 aliphatic carbocycles. The maximum atomic E-state index is 12.9. The van der Waals surface area contributed by atoms with Crippen molar-refractivity contribution >= 4 is 28.4 Å². The second kappa shape index (κ2) is 7.95. The van der Waals surface area contributed by atoms with Gasteiger partial charge in [0.1, 0.15) is 17.8 Å². The van der Waals surface area contributed by atoms with Gasteiger partial charge in [0.15, 0.2) is 5.65 Å².